The van der Waals surface area contributed by atoms with Gasteiger partial charge in [-0.15, -0.1) is 11.8 Å². The van der Waals surface area contributed by atoms with Crippen LogP contribution in [0.2, 0.25) is 0 Å². The van der Waals surface area contributed by atoms with E-state index in [0.717, 1.165) is 16.3 Å². The Labute approximate surface area is 273 Å². The zero-order valence-electron chi connectivity index (χ0n) is 26.3. The van der Waals surface area contributed by atoms with Crippen LogP contribution in [0.3, 0.4) is 0 Å². The van der Waals surface area contributed by atoms with E-state index in [-0.39, 0.29) is 36.0 Å². The highest BCUT2D eigenvalue weighted by Gasteiger charge is 2.51. The second-order valence-corrected chi connectivity index (χ2v) is 15.2. The number of nitrogens with one attached hydrogen (secondary N) is 1. The smallest absolute Gasteiger partial charge is 0.415 e. The van der Waals surface area contributed by atoms with Gasteiger partial charge in [-0.2, -0.15) is 4.31 Å². The van der Waals surface area contributed by atoms with Gasteiger partial charge in [-0.05, 0) is 57.0 Å². The Bertz CT molecular complexity index is 1520. The second kappa shape index (κ2) is 14.7. The quantitative estimate of drug-likeness (QED) is 0.382. The van der Waals surface area contributed by atoms with Crippen LogP contribution in [0.25, 0.3) is 0 Å². The fraction of sp³-hybridized carbons (Fsp3) is 0.484. The van der Waals surface area contributed by atoms with Crippen LogP contribution in [0.5, 0.6) is 5.75 Å². The summed E-state index contributed by atoms with van der Waals surface area (Å²) in [5.41, 5.74) is 1.44. The maximum atomic E-state index is 13.6. The lowest BCUT2D eigenvalue weighted by Crippen LogP contribution is -2.56. The number of hydrogen-bond donors (Lipinski definition) is 2. The third-order valence-electron chi connectivity index (χ3n) is 7.79. The summed E-state index contributed by atoms with van der Waals surface area (Å²) in [7, 11) is -4.03. The molecule has 13 nitrogen and oxygen atoms in total. The molecule has 2 saturated heterocycles. The summed E-state index contributed by atoms with van der Waals surface area (Å²) in [6.45, 7) is 8.82. The number of sulfonamides is 1. The van der Waals surface area contributed by atoms with Crippen molar-refractivity contribution in [1.29, 1.82) is 0 Å². The minimum atomic E-state index is -4.03. The van der Waals surface area contributed by atoms with E-state index in [0.29, 0.717) is 25.3 Å². The third-order valence-corrected chi connectivity index (χ3v) is 11.2. The number of ether oxygens (including phenoxy) is 2. The molecule has 0 spiro atoms. The number of piperazine rings is 1. The monoisotopic (exact) mass is 676 g/mol. The van der Waals surface area contributed by atoms with Gasteiger partial charge in [-0.25, -0.2) is 22.8 Å². The number of rotatable bonds is 10. The molecule has 0 bridgehead atoms. The molecule has 250 valence electrons. The Morgan fingerprint density at radius 1 is 0.978 bits per heavy atom. The topological polar surface area (TPSA) is 163 Å². The summed E-state index contributed by atoms with van der Waals surface area (Å²) in [6, 6.07) is 10.1. The van der Waals surface area contributed by atoms with Crippen molar-refractivity contribution in [2.24, 2.45) is 0 Å². The molecule has 2 aromatic carbocycles. The van der Waals surface area contributed by atoms with Crippen molar-refractivity contribution >= 4 is 45.8 Å². The van der Waals surface area contributed by atoms with E-state index in [1.165, 1.54) is 40.9 Å². The summed E-state index contributed by atoms with van der Waals surface area (Å²) in [5, 5.41) is 12.5. The van der Waals surface area contributed by atoms with Gasteiger partial charge in [0.15, 0.2) is 0 Å². The van der Waals surface area contributed by atoms with Crippen molar-refractivity contribution in [2.45, 2.75) is 62.3 Å². The van der Waals surface area contributed by atoms with Gasteiger partial charge in [0.2, 0.25) is 15.9 Å². The number of carboxylic acids is 1. The molecule has 15 heteroatoms. The minimum absolute atomic E-state index is 0.0421. The molecule has 0 aromatic heterocycles. The molecule has 4 rings (SSSR count). The number of carbonyl (C=O) groups is 4. The normalized spacial score (nSPS) is 18.9. The van der Waals surface area contributed by atoms with Crippen LogP contribution in [0, 0.1) is 6.92 Å². The highest BCUT2D eigenvalue weighted by molar-refractivity contribution is 8.02. The van der Waals surface area contributed by atoms with Gasteiger partial charge in [0.05, 0.1) is 17.4 Å². The van der Waals surface area contributed by atoms with Gasteiger partial charge in [0, 0.05) is 37.3 Å². The van der Waals surface area contributed by atoms with E-state index in [1.807, 2.05) is 13.8 Å². The van der Waals surface area contributed by atoms with Crippen LogP contribution in [0.15, 0.2) is 53.4 Å². The molecule has 2 fully saturated rings. The Hall–Kier alpha value is -3.82. The van der Waals surface area contributed by atoms with Gasteiger partial charge in [0.1, 0.15) is 17.8 Å². The van der Waals surface area contributed by atoms with E-state index >= 15 is 0 Å². The molecule has 0 aliphatic carbocycles. The summed E-state index contributed by atoms with van der Waals surface area (Å²) >= 11 is 1.30. The third kappa shape index (κ3) is 8.30. The van der Waals surface area contributed by atoms with E-state index in [2.05, 4.69) is 5.32 Å². The first-order chi connectivity index (χ1) is 21.7. The molecule has 3 amide bonds. The van der Waals surface area contributed by atoms with E-state index in [4.69, 9.17) is 9.47 Å². The van der Waals surface area contributed by atoms with Crippen LogP contribution < -0.4 is 10.1 Å². The molecular weight excluding hydrogens is 636 g/mol. The Morgan fingerprint density at radius 2 is 1.57 bits per heavy atom. The highest BCUT2D eigenvalue weighted by Crippen LogP contribution is 2.42. The lowest BCUT2D eigenvalue weighted by Gasteiger charge is -2.33. The average molecular weight is 677 g/mol. The molecule has 2 aromatic rings. The summed E-state index contributed by atoms with van der Waals surface area (Å²) in [4.78, 5) is 53.5. The number of nitrogens with zero attached hydrogens (tertiary/aromatic N) is 3. The molecule has 2 aliphatic heterocycles. The maximum absolute atomic E-state index is 13.6. The zero-order valence-corrected chi connectivity index (χ0v) is 27.9. The number of carbonyl (C=O) groups excluding carboxylic acids is 3. The number of benzene rings is 2. The van der Waals surface area contributed by atoms with Crippen molar-refractivity contribution in [3.63, 3.8) is 0 Å². The van der Waals surface area contributed by atoms with Crippen molar-refractivity contribution in [3.8, 4) is 5.75 Å². The molecule has 2 heterocycles. The molecule has 2 atom stereocenters. The van der Waals surface area contributed by atoms with Crippen LogP contribution in [0.4, 0.5) is 9.59 Å². The Balaban J connectivity index is 1.36. The van der Waals surface area contributed by atoms with Crippen LogP contribution in [-0.2, 0) is 30.8 Å². The lowest BCUT2D eigenvalue weighted by atomic mass is 10.0. The molecule has 46 heavy (non-hydrogen) atoms. The first-order valence-corrected chi connectivity index (χ1v) is 17.4. The number of thioether (sulfide) groups is 1. The van der Waals surface area contributed by atoms with E-state index < -0.39 is 50.9 Å². The predicted octanol–water partition coefficient (Wildman–Crippen LogP) is 3.31. The summed E-state index contributed by atoms with van der Waals surface area (Å²) in [5.74, 6) is -1.70. The van der Waals surface area contributed by atoms with Crippen LogP contribution in [0.1, 0.15) is 38.3 Å². The lowest BCUT2D eigenvalue weighted by molar-refractivity contribution is -0.142. The van der Waals surface area contributed by atoms with Gasteiger partial charge in [-0.3, -0.25) is 4.79 Å². The largest absolute Gasteiger partial charge is 0.480 e. The first-order valence-electron chi connectivity index (χ1n) is 15.0. The zero-order chi connectivity index (χ0) is 33.6. The maximum Gasteiger partial charge on any atom is 0.415 e. The number of carboxylic acid groups (broad SMARTS) is 1. The molecule has 0 unspecified atom stereocenters. The van der Waals surface area contributed by atoms with Crippen molar-refractivity contribution in [2.75, 3.05) is 38.7 Å². The van der Waals surface area contributed by atoms with E-state index in [1.54, 1.807) is 43.0 Å². The number of aryl methyl sites for hydroxylation is 1. The van der Waals surface area contributed by atoms with Gasteiger partial charge in [0.25, 0.3) is 0 Å². The minimum Gasteiger partial charge on any atom is -0.480 e. The number of aliphatic carboxylic acids is 1. The number of hydrogen-bond acceptors (Lipinski definition) is 9. The van der Waals surface area contributed by atoms with Crippen LogP contribution in [-0.4, -0.2) is 107 Å². The molecule has 2 N–H and O–H groups in total. The fourth-order valence-electron chi connectivity index (χ4n) is 5.13. The van der Waals surface area contributed by atoms with E-state index in [9.17, 15) is 32.7 Å². The standard InChI is InChI=1S/C31H40N4O9S2/c1-5-18-43-29(39)33-14-16-34(17-15-33)30(40)44-23-10-8-22(9-11-23)19-25(28(37)38)32-27(36)26-31(3,4)45-20-35(26)46(41,42)24-12-6-21(2)7-13-24/h6-13,25-26H,5,14-20H2,1-4H3,(H,32,36)(H,37,38)/t25-,26+/m0/s1. The first kappa shape index (κ1) is 35.0. The molecule has 2 aliphatic rings. The molecular formula is C31H40N4O9S2. The van der Waals surface area contributed by atoms with Gasteiger partial charge < -0.3 is 29.7 Å². The van der Waals surface area contributed by atoms with Crippen molar-refractivity contribution in [1.82, 2.24) is 19.4 Å². The van der Waals surface area contributed by atoms with Gasteiger partial charge in [-0.1, -0.05) is 36.8 Å². The Morgan fingerprint density at radius 3 is 2.13 bits per heavy atom. The SMILES string of the molecule is CCCOC(=O)N1CCN(C(=O)Oc2ccc(C[C@H](NC(=O)[C@H]3N(S(=O)(=O)c4ccc(C)cc4)CSC3(C)C)C(=O)O)cc2)CC1. The molecule has 0 saturated carbocycles. The summed E-state index contributed by atoms with van der Waals surface area (Å²) in [6.07, 6.45) is -0.347. The number of amides is 3. The predicted molar refractivity (Wildman–Crippen MR) is 171 cm³/mol. The van der Waals surface area contributed by atoms with Crippen molar-refractivity contribution in [3.05, 3.63) is 59.7 Å². The molecule has 0 radical (unpaired) electrons. The Kier molecular flexibility index (Phi) is 11.2. The second-order valence-electron chi connectivity index (χ2n) is 11.7. The van der Waals surface area contributed by atoms with Crippen LogP contribution >= 0.6 is 11.8 Å². The highest BCUT2D eigenvalue weighted by atomic mass is 32.2. The van der Waals surface area contributed by atoms with Crippen molar-refractivity contribution < 1.29 is 42.2 Å². The average Bonchev–Trinajstić information content (AvgIpc) is 3.36. The summed E-state index contributed by atoms with van der Waals surface area (Å²) < 4.78 is 37.9. The fourth-order valence-corrected chi connectivity index (χ4v) is 8.30. The van der Waals surface area contributed by atoms with Gasteiger partial charge >= 0.3 is 18.2 Å².